The lowest BCUT2D eigenvalue weighted by Gasteiger charge is -2.06. The highest BCUT2D eigenvalue weighted by Crippen LogP contribution is 2.14. The minimum absolute atomic E-state index is 0.278. The van der Waals surface area contributed by atoms with E-state index < -0.39 is 6.10 Å². The molecule has 2 N–H and O–H groups in total. The Morgan fingerprint density at radius 3 is 3.18 bits per heavy atom. The van der Waals surface area contributed by atoms with Crippen LogP contribution in [-0.2, 0) is 4.79 Å². The molecular weight excluding hydrogens is 162 g/mol. The van der Waals surface area contributed by atoms with Crippen molar-refractivity contribution in [3.63, 3.8) is 0 Å². The van der Waals surface area contributed by atoms with Crippen LogP contribution >= 0.6 is 11.3 Å². The molecule has 4 heteroatoms. The molecule has 0 saturated carbocycles. The van der Waals surface area contributed by atoms with Gasteiger partial charge in [-0.05, 0) is 22.4 Å². The summed E-state index contributed by atoms with van der Waals surface area (Å²) in [6.45, 7) is 0.278. The predicted molar refractivity (Wildman–Crippen MR) is 43.3 cm³/mol. The van der Waals surface area contributed by atoms with Crippen molar-refractivity contribution in [3.05, 3.63) is 22.4 Å². The first kappa shape index (κ1) is 8.23. The summed E-state index contributed by atoms with van der Waals surface area (Å²) in [4.78, 5) is 9.86. The summed E-state index contributed by atoms with van der Waals surface area (Å²) in [5.74, 6) is 0. The van der Waals surface area contributed by atoms with Crippen LogP contribution in [0.4, 0.5) is 0 Å². The minimum Gasteiger partial charge on any atom is -0.387 e. The van der Waals surface area contributed by atoms with Crippen molar-refractivity contribution >= 4 is 17.7 Å². The van der Waals surface area contributed by atoms with Crippen molar-refractivity contribution < 1.29 is 9.90 Å². The highest BCUT2D eigenvalue weighted by Gasteiger charge is 2.05. The van der Waals surface area contributed by atoms with Crippen LogP contribution in [0.1, 0.15) is 11.7 Å². The van der Waals surface area contributed by atoms with Crippen LogP contribution in [0.5, 0.6) is 0 Å². The molecule has 0 saturated heterocycles. The zero-order valence-electron chi connectivity index (χ0n) is 5.86. The maximum absolute atomic E-state index is 9.86. The second kappa shape index (κ2) is 4.10. The molecule has 0 bridgehead atoms. The SMILES string of the molecule is O=CNCC(O)c1ccsc1. The van der Waals surface area contributed by atoms with E-state index in [1.165, 1.54) is 11.3 Å². The second-order valence-electron chi connectivity index (χ2n) is 2.10. The molecule has 1 unspecified atom stereocenters. The lowest BCUT2D eigenvalue weighted by atomic mass is 10.2. The average molecular weight is 171 g/mol. The van der Waals surface area contributed by atoms with Crippen LogP contribution in [0.15, 0.2) is 16.8 Å². The smallest absolute Gasteiger partial charge is 0.207 e. The number of thiophene rings is 1. The molecular formula is C7H9NO2S. The van der Waals surface area contributed by atoms with E-state index in [9.17, 15) is 9.90 Å². The molecule has 3 nitrogen and oxygen atoms in total. The van der Waals surface area contributed by atoms with Gasteiger partial charge in [-0.3, -0.25) is 4.79 Å². The fourth-order valence-electron chi connectivity index (χ4n) is 0.742. The molecule has 1 aromatic rings. The quantitative estimate of drug-likeness (QED) is 0.649. The highest BCUT2D eigenvalue weighted by molar-refractivity contribution is 7.07. The zero-order chi connectivity index (χ0) is 8.10. The van der Waals surface area contributed by atoms with Gasteiger partial charge >= 0.3 is 0 Å². The maximum atomic E-state index is 9.86. The van der Waals surface area contributed by atoms with Gasteiger partial charge < -0.3 is 10.4 Å². The highest BCUT2D eigenvalue weighted by atomic mass is 32.1. The normalized spacial score (nSPS) is 12.5. The molecule has 0 aromatic carbocycles. The summed E-state index contributed by atoms with van der Waals surface area (Å²) < 4.78 is 0. The Hall–Kier alpha value is -0.870. The third kappa shape index (κ3) is 2.32. The second-order valence-corrected chi connectivity index (χ2v) is 2.88. The molecule has 1 rings (SSSR count). The molecule has 0 fully saturated rings. The van der Waals surface area contributed by atoms with Gasteiger partial charge in [0.15, 0.2) is 0 Å². The van der Waals surface area contributed by atoms with Gasteiger partial charge in [-0.1, -0.05) is 0 Å². The molecule has 0 aliphatic carbocycles. The van der Waals surface area contributed by atoms with Crippen LogP contribution in [0, 0.1) is 0 Å². The molecule has 0 aliphatic heterocycles. The van der Waals surface area contributed by atoms with Crippen LogP contribution in [0.3, 0.4) is 0 Å². The van der Waals surface area contributed by atoms with Crippen molar-refractivity contribution in [1.29, 1.82) is 0 Å². The van der Waals surface area contributed by atoms with E-state index in [0.29, 0.717) is 6.41 Å². The number of rotatable bonds is 4. The van der Waals surface area contributed by atoms with Gasteiger partial charge in [-0.15, -0.1) is 0 Å². The summed E-state index contributed by atoms with van der Waals surface area (Å²) in [5.41, 5.74) is 0.851. The number of carbonyl (C=O) groups is 1. The lowest BCUT2D eigenvalue weighted by molar-refractivity contribution is -0.109. The number of amides is 1. The number of aliphatic hydroxyl groups is 1. The fourth-order valence-corrected chi connectivity index (χ4v) is 1.45. The van der Waals surface area contributed by atoms with Crippen molar-refractivity contribution in [2.24, 2.45) is 0 Å². The third-order valence-corrected chi connectivity index (χ3v) is 2.02. The molecule has 0 radical (unpaired) electrons. The number of aliphatic hydroxyl groups excluding tert-OH is 1. The van der Waals surface area contributed by atoms with E-state index in [1.807, 2.05) is 16.8 Å². The van der Waals surface area contributed by atoms with Crippen LogP contribution < -0.4 is 5.32 Å². The zero-order valence-corrected chi connectivity index (χ0v) is 6.67. The van der Waals surface area contributed by atoms with Crippen molar-refractivity contribution in [1.82, 2.24) is 5.32 Å². The monoisotopic (exact) mass is 171 g/mol. The first-order valence-corrected chi connectivity index (χ1v) is 4.16. The van der Waals surface area contributed by atoms with Crippen LogP contribution in [0.2, 0.25) is 0 Å². The molecule has 11 heavy (non-hydrogen) atoms. The van der Waals surface area contributed by atoms with Gasteiger partial charge in [-0.25, -0.2) is 0 Å². The van der Waals surface area contributed by atoms with E-state index in [-0.39, 0.29) is 6.54 Å². The topological polar surface area (TPSA) is 49.3 Å². The Morgan fingerprint density at radius 1 is 1.82 bits per heavy atom. The largest absolute Gasteiger partial charge is 0.387 e. The Labute approximate surface area is 68.7 Å². The van der Waals surface area contributed by atoms with E-state index >= 15 is 0 Å². The number of nitrogens with one attached hydrogen (secondary N) is 1. The predicted octanol–water partition coefficient (Wildman–Crippen LogP) is 0.527. The number of hydrogen-bond donors (Lipinski definition) is 2. The summed E-state index contributed by atoms with van der Waals surface area (Å²) in [7, 11) is 0. The fraction of sp³-hybridized carbons (Fsp3) is 0.286. The van der Waals surface area contributed by atoms with Crippen molar-refractivity contribution in [2.75, 3.05) is 6.54 Å². The molecule has 1 atom stereocenters. The Morgan fingerprint density at radius 2 is 2.64 bits per heavy atom. The van der Waals surface area contributed by atoms with Crippen LogP contribution in [-0.4, -0.2) is 18.1 Å². The van der Waals surface area contributed by atoms with E-state index in [4.69, 9.17) is 0 Å². The summed E-state index contributed by atoms with van der Waals surface area (Å²) in [5, 5.41) is 15.5. The first-order valence-electron chi connectivity index (χ1n) is 3.22. The van der Waals surface area contributed by atoms with Gasteiger partial charge in [0.2, 0.25) is 6.41 Å². The molecule has 1 amide bonds. The van der Waals surface area contributed by atoms with Gasteiger partial charge in [-0.2, -0.15) is 11.3 Å². The summed E-state index contributed by atoms with van der Waals surface area (Å²) >= 11 is 1.53. The van der Waals surface area contributed by atoms with E-state index in [0.717, 1.165) is 5.56 Å². The third-order valence-electron chi connectivity index (χ3n) is 1.32. The van der Waals surface area contributed by atoms with Crippen molar-refractivity contribution in [3.8, 4) is 0 Å². The standard InChI is InChI=1S/C7H9NO2S/c9-5-8-3-7(10)6-1-2-11-4-6/h1-2,4-5,7,10H,3H2,(H,8,9). The number of carbonyl (C=O) groups excluding carboxylic acids is 1. The first-order chi connectivity index (χ1) is 5.34. The Kier molecular flexibility index (Phi) is 3.07. The molecule has 0 aliphatic rings. The Balaban J connectivity index is 2.42. The number of hydrogen-bond acceptors (Lipinski definition) is 3. The van der Waals surface area contributed by atoms with Gasteiger partial charge in [0, 0.05) is 6.54 Å². The van der Waals surface area contributed by atoms with Gasteiger partial charge in [0.05, 0.1) is 6.10 Å². The Bertz CT molecular complexity index is 210. The molecule has 1 heterocycles. The van der Waals surface area contributed by atoms with Gasteiger partial charge in [0.1, 0.15) is 0 Å². The van der Waals surface area contributed by atoms with Gasteiger partial charge in [0.25, 0.3) is 0 Å². The molecule has 60 valence electrons. The van der Waals surface area contributed by atoms with E-state index in [2.05, 4.69) is 5.32 Å². The van der Waals surface area contributed by atoms with Crippen molar-refractivity contribution in [2.45, 2.75) is 6.10 Å². The van der Waals surface area contributed by atoms with Crippen LogP contribution in [0.25, 0.3) is 0 Å². The molecule has 0 spiro atoms. The maximum Gasteiger partial charge on any atom is 0.207 e. The molecule has 1 aromatic heterocycles. The van der Waals surface area contributed by atoms with E-state index in [1.54, 1.807) is 0 Å². The average Bonchev–Trinajstić information content (AvgIpc) is 2.52. The summed E-state index contributed by atoms with van der Waals surface area (Å²) in [6, 6.07) is 1.84. The minimum atomic E-state index is -0.577. The lowest BCUT2D eigenvalue weighted by Crippen LogP contribution is -2.19. The summed E-state index contributed by atoms with van der Waals surface area (Å²) in [6.07, 6.45) is 0.00160.